The van der Waals surface area contributed by atoms with Gasteiger partial charge < -0.3 is 35.6 Å². The van der Waals surface area contributed by atoms with Gasteiger partial charge in [0.2, 0.25) is 17.7 Å². The van der Waals surface area contributed by atoms with E-state index in [0.717, 1.165) is 116 Å². The number of anilines is 3. The number of ether oxygens (including phenoxy) is 2. The molecule has 4 aromatic carbocycles. The third kappa shape index (κ3) is 36.6. The number of hydrogen-bond acceptors (Lipinski definition) is 20. The van der Waals surface area contributed by atoms with E-state index in [2.05, 4.69) is 112 Å². The highest BCUT2D eigenvalue weighted by Crippen LogP contribution is 2.48. The number of Topliss-reactive ketones (excluding diaryl/α,β-unsaturated/α-hetero) is 1. The van der Waals surface area contributed by atoms with E-state index in [9.17, 15) is 79.9 Å². The molecule has 0 fully saturated rings. The van der Waals surface area contributed by atoms with Crippen molar-refractivity contribution in [1.82, 2.24) is 16.0 Å². The molecule has 0 saturated carbocycles. The van der Waals surface area contributed by atoms with Crippen LogP contribution >= 0.6 is 0 Å². The Morgan fingerprint density at radius 3 is 1.39 bits per heavy atom. The van der Waals surface area contributed by atoms with Crippen molar-refractivity contribution in [2.24, 2.45) is 0 Å². The van der Waals surface area contributed by atoms with Crippen molar-refractivity contribution in [2.45, 2.75) is 251 Å². The highest BCUT2D eigenvalue weighted by Gasteiger charge is 2.40. The van der Waals surface area contributed by atoms with Gasteiger partial charge in [0.1, 0.15) is 24.5 Å². The second-order valence-electron chi connectivity index (χ2n) is 28.5. The Hall–Kier alpha value is -9.97. The molecule has 5 rings (SSSR count). The van der Waals surface area contributed by atoms with Crippen molar-refractivity contribution in [3.8, 4) is 0 Å². The van der Waals surface area contributed by atoms with Crippen molar-refractivity contribution >= 4 is 97.6 Å². The molecule has 0 unspecified atom stereocenters. The summed E-state index contributed by atoms with van der Waals surface area (Å²) in [4.78, 5) is 116. The molecule has 608 valence electrons. The number of pyridine rings is 1. The van der Waals surface area contributed by atoms with E-state index in [1.165, 1.54) is 137 Å². The molecular weight excluding hydrogens is 1430 g/mol. The van der Waals surface area contributed by atoms with Gasteiger partial charge in [-0.05, 0) is 97.9 Å². The Morgan fingerprint density at radius 2 is 0.883 bits per heavy atom. The molecule has 0 atom stereocenters. The Balaban J connectivity index is 0.735. The number of nitrogens with zero attached hydrogens (tertiary/aromatic N) is 8. The first-order valence-electron chi connectivity index (χ1n) is 40.1. The lowest BCUT2D eigenvalue weighted by molar-refractivity contribution is -0.697. The molecule has 0 saturated heterocycles. The van der Waals surface area contributed by atoms with E-state index < -0.39 is 99.2 Å². The minimum absolute atomic E-state index is 0.0454. The van der Waals surface area contributed by atoms with Crippen LogP contribution in [0.5, 0.6) is 0 Å². The van der Waals surface area contributed by atoms with Crippen LogP contribution in [0.1, 0.15) is 255 Å². The first-order valence-corrected chi connectivity index (χ1v) is 40.1. The van der Waals surface area contributed by atoms with Crippen LogP contribution in [0.25, 0.3) is 22.9 Å². The number of non-ortho nitro benzene ring substituents is 1. The molecule has 1 heterocycles. The van der Waals surface area contributed by atoms with E-state index in [1.54, 1.807) is 0 Å². The summed E-state index contributed by atoms with van der Waals surface area (Å²) in [6.45, 7) is 6.41. The minimum Gasteiger partial charge on any atom is -0.379 e. The molecule has 0 aliphatic heterocycles. The molecule has 0 aliphatic carbocycles. The number of rotatable bonds is 64. The number of hydrogen-bond donors (Lipinski definition) is 4. The van der Waals surface area contributed by atoms with Gasteiger partial charge in [-0.15, -0.1) is 0 Å². The molecule has 30 nitrogen and oxygen atoms in total. The van der Waals surface area contributed by atoms with Crippen LogP contribution < -0.4 is 30.7 Å². The Kier molecular flexibility index (Phi) is 44.4. The first kappa shape index (κ1) is 91.6. The van der Waals surface area contributed by atoms with Crippen molar-refractivity contribution in [3.05, 3.63) is 156 Å². The summed E-state index contributed by atoms with van der Waals surface area (Å²) in [7, 11) is 2.21. The standard InChI is InChI=1S/C81H116N12O18/c1-3-4-32-52-87-53-46-64(47-54-87)38-39-65-40-41-67-59-68(43-42-66(67)58-65)86(2)51-33-26-20-14-6-5-11-17-23-29-48-82-76(95)36-27-21-15-9-7-12-18-24-30-49-83-77(96)37-28-22-16-10-8-13-19-25-31-50-84-78(97)63-111-57-56-110-55-34-35-70(94)44-45-71-72(89(100)101)62-75(92(106)107)80(81(71)93(108)109)85-79-73(90(102)103)60-69(88(98)99)61-74(79)91(104)105/h38-43,46-47,53-54,58-62,85H,3-37,44-45,48-52,55-57,63H2,1-2H3,(H2-,82,83,84,95,96,97)/p+1. The monoisotopic (exact) mass is 1550 g/mol. The number of ketones is 1. The quantitative estimate of drug-likeness (QED) is 0.0122. The predicted octanol–water partition coefficient (Wildman–Crippen LogP) is 18.2. The van der Waals surface area contributed by atoms with Gasteiger partial charge in [0.15, 0.2) is 23.8 Å². The summed E-state index contributed by atoms with van der Waals surface area (Å²) in [6, 6.07) is 18.8. The maximum atomic E-state index is 12.8. The van der Waals surface area contributed by atoms with E-state index in [1.807, 2.05) is 5.32 Å². The Morgan fingerprint density at radius 1 is 0.423 bits per heavy atom. The average Bonchev–Trinajstić information content (AvgIpc) is 0.758. The zero-order chi connectivity index (χ0) is 80.4. The number of aryl methyl sites for hydroxylation is 1. The van der Waals surface area contributed by atoms with E-state index >= 15 is 0 Å². The van der Waals surface area contributed by atoms with Crippen LogP contribution in [0.2, 0.25) is 0 Å². The fourth-order valence-corrected chi connectivity index (χ4v) is 13.2. The number of nitro benzene ring substituents is 6. The molecule has 4 N–H and O–H groups in total. The van der Waals surface area contributed by atoms with Crippen LogP contribution in [0.15, 0.2) is 79.1 Å². The van der Waals surface area contributed by atoms with Gasteiger partial charge >= 0.3 is 22.7 Å². The van der Waals surface area contributed by atoms with Gasteiger partial charge in [-0.25, -0.2) is 4.57 Å². The molecule has 0 radical (unpaired) electrons. The van der Waals surface area contributed by atoms with Crippen molar-refractivity contribution < 1.29 is 62.8 Å². The summed E-state index contributed by atoms with van der Waals surface area (Å²) < 4.78 is 13.1. The third-order valence-electron chi connectivity index (χ3n) is 19.6. The number of nitrogens with one attached hydrogen (secondary N) is 4. The van der Waals surface area contributed by atoms with Crippen LogP contribution in [0.3, 0.4) is 0 Å². The largest absolute Gasteiger partial charge is 0.379 e. The zero-order valence-corrected chi connectivity index (χ0v) is 65.1. The lowest BCUT2D eigenvalue weighted by atomic mass is 9.99. The highest BCUT2D eigenvalue weighted by molar-refractivity contribution is 5.91. The van der Waals surface area contributed by atoms with E-state index in [0.29, 0.717) is 19.4 Å². The number of carbonyl (C=O) groups excluding carboxylic acids is 4. The van der Waals surface area contributed by atoms with Crippen molar-refractivity contribution in [2.75, 3.05) is 69.9 Å². The normalized spacial score (nSPS) is 11.3. The molecule has 111 heavy (non-hydrogen) atoms. The molecular formula is C81H117N12O18+. The average molecular weight is 1550 g/mol. The zero-order valence-electron chi connectivity index (χ0n) is 65.1. The number of carbonyl (C=O) groups is 4. The lowest BCUT2D eigenvalue weighted by Gasteiger charge is -2.20. The lowest BCUT2D eigenvalue weighted by Crippen LogP contribution is -2.32. The van der Waals surface area contributed by atoms with Crippen molar-refractivity contribution in [3.63, 3.8) is 0 Å². The summed E-state index contributed by atoms with van der Waals surface area (Å²) in [5.41, 5.74) is -7.44. The van der Waals surface area contributed by atoms with Crippen LogP contribution in [-0.4, -0.2) is 113 Å². The maximum absolute atomic E-state index is 12.8. The molecule has 30 heteroatoms. The molecule has 3 amide bonds. The predicted molar refractivity (Wildman–Crippen MR) is 430 cm³/mol. The molecule has 1 aromatic heterocycles. The fraction of sp³-hybridized carbons (Fsp3) is 0.593. The van der Waals surface area contributed by atoms with Crippen LogP contribution in [0, 0.1) is 60.7 Å². The number of aromatic nitrogens is 1. The minimum atomic E-state index is -1.40. The van der Waals surface area contributed by atoms with Crippen LogP contribution in [0.4, 0.5) is 51.2 Å². The number of unbranched alkanes of at least 4 members (excludes halogenated alkanes) is 27. The number of amides is 3. The van der Waals surface area contributed by atoms with Crippen molar-refractivity contribution in [1.29, 1.82) is 0 Å². The third-order valence-corrected chi connectivity index (χ3v) is 19.6. The molecule has 5 aromatic rings. The number of nitro groups is 6. The highest BCUT2D eigenvalue weighted by atomic mass is 16.7. The summed E-state index contributed by atoms with van der Waals surface area (Å²) >= 11 is 0. The van der Waals surface area contributed by atoms with E-state index in [-0.39, 0.29) is 75.2 Å². The Bertz CT molecular complexity index is 3760. The van der Waals surface area contributed by atoms with E-state index in [4.69, 9.17) is 9.47 Å². The fourth-order valence-electron chi connectivity index (χ4n) is 13.2. The molecule has 0 aliphatic rings. The maximum Gasteiger partial charge on any atom is 0.309 e. The summed E-state index contributed by atoms with van der Waals surface area (Å²) in [5.74, 6) is -0.526. The number of benzene rings is 4. The van der Waals surface area contributed by atoms with Gasteiger partial charge in [-0.2, -0.15) is 0 Å². The Labute approximate surface area is 650 Å². The summed E-state index contributed by atoms with van der Waals surface area (Å²) in [6.07, 6.45) is 44.2. The summed E-state index contributed by atoms with van der Waals surface area (Å²) in [5, 5.41) is 85.1. The molecule has 0 bridgehead atoms. The van der Waals surface area contributed by atoms with Crippen LogP contribution in [-0.2, 0) is 41.6 Å². The van der Waals surface area contributed by atoms with Gasteiger partial charge in [-0.1, -0.05) is 185 Å². The first-order chi connectivity index (χ1) is 53.7. The van der Waals surface area contributed by atoms with Gasteiger partial charge in [0, 0.05) is 89.8 Å². The van der Waals surface area contributed by atoms with Gasteiger partial charge in [0.25, 0.3) is 11.4 Å². The second kappa shape index (κ2) is 53.8. The number of fused-ring (bicyclic) bond motifs is 1. The topological polar surface area (TPSA) is 401 Å². The molecule has 0 spiro atoms. The second-order valence-corrected chi connectivity index (χ2v) is 28.5. The smallest absolute Gasteiger partial charge is 0.309 e. The van der Waals surface area contributed by atoms with Gasteiger partial charge in [0.05, 0.1) is 61.0 Å². The SMILES string of the molecule is CCCCC[n+]1ccc(/C=C/c2ccc3cc(N(C)CCCCCCCCCCCCNC(=O)CCCCCCCCCCCNC(=O)CCCCCCCCCCCNC(=O)COCCOCCCC(=O)CCc4c([N+](=O)[O-])cc([N+](=O)[O-])c(Nc5c([N+](=O)[O-])cc([N+](=O)[O-])cc5[N+](=O)[O-])c4[N+](=O)[O-])ccc3c2)cc1. The van der Waals surface area contributed by atoms with Gasteiger partial charge in [-0.3, -0.25) is 79.9 Å².